The van der Waals surface area contributed by atoms with Crippen molar-refractivity contribution < 1.29 is 13.9 Å². The summed E-state index contributed by atoms with van der Waals surface area (Å²) in [6.45, 7) is 1.58. The van der Waals surface area contributed by atoms with Crippen LogP contribution in [0.15, 0.2) is 55.4 Å². The Balaban J connectivity index is 2.01. The van der Waals surface area contributed by atoms with Gasteiger partial charge in [0.05, 0.1) is 12.5 Å². The molecule has 3 aromatic rings. The lowest BCUT2D eigenvalue weighted by molar-refractivity contribution is -0.0191. The molecule has 2 heterocycles. The molecular formula is C19H16F2N4O. The van der Waals surface area contributed by atoms with Crippen LogP contribution in [0.25, 0.3) is 0 Å². The van der Waals surface area contributed by atoms with Crippen molar-refractivity contribution in [2.24, 2.45) is 5.92 Å². The normalized spacial score (nSPS) is 14.2. The highest BCUT2D eigenvalue weighted by Crippen LogP contribution is 2.33. The molecule has 2 atom stereocenters. The van der Waals surface area contributed by atoms with Gasteiger partial charge in [0.15, 0.2) is 0 Å². The van der Waals surface area contributed by atoms with Gasteiger partial charge < -0.3 is 5.11 Å². The fraction of sp³-hybridized carbons (Fsp3) is 0.211. The third-order valence-electron chi connectivity index (χ3n) is 4.08. The second-order valence-electron chi connectivity index (χ2n) is 5.87. The lowest BCUT2D eigenvalue weighted by Crippen LogP contribution is -2.38. The molecule has 3 rings (SSSR count). The first-order valence-corrected chi connectivity index (χ1v) is 7.91. The molecule has 0 fully saturated rings. The monoisotopic (exact) mass is 354 g/mol. The molecule has 0 radical (unpaired) electrons. The van der Waals surface area contributed by atoms with Crippen LogP contribution in [0.3, 0.4) is 0 Å². The Hall–Kier alpha value is -3.11. The Kier molecular flexibility index (Phi) is 5.05. The van der Waals surface area contributed by atoms with Gasteiger partial charge in [0.1, 0.15) is 29.9 Å². The molecule has 1 aromatic carbocycles. The van der Waals surface area contributed by atoms with Crippen molar-refractivity contribution in [2.45, 2.75) is 19.1 Å². The Bertz CT molecular complexity index is 935. The van der Waals surface area contributed by atoms with Gasteiger partial charge in [-0.15, -0.1) is 0 Å². The van der Waals surface area contributed by atoms with Crippen LogP contribution in [0.1, 0.15) is 18.1 Å². The second kappa shape index (κ2) is 7.42. The molecule has 1 N–H and O–H groups in total. The van der Waals surface area contributed by atoms with Crippen molar-refractivity contribution in [1.82, 2.24) is 19.7 Å². The fourth-order valence-electron chi connectivity index (χ4n) is 2.60. The summed E-state index contributed by atoms with van der Waals surface area (Å²) in [7, 11) is 0. The number of pyridine rings is 1. The van der Waals surface area contributed by atoms with E-state index >= 15 is 0 Å². The number of aromatic nitrogens is 4. The van der Waals surface area contributed by atoms with E-state index in [1.54, 1.807) is 31.5 Å². The summed E-state index contributed by atoms with van der Waals surface area (Å²) in [5.41, 5.74) is -1.12. The van der Waals surface area contributed by atoms with Crippen LogP contribution in [0.4, 0.5) is 8.78 Å². The summed E-state index contributed by atoms with van der Waals surface area (Å²) in [6.07, 6.45) is 5.94. The molecule has 26 heavy (non-hydrogen) atoms. The fourth-order valence-corrected chi connectivity index (χ4v) is 2.60. The molecule has 132 valence electrons. The number of aliphatic hydroxyl groups is 1. The Morgan fingerprint density at radius 2 is 2.12 bits per heavy atom. The smallest absolute Gasteiger partial charge is 0.137 e. The number of halogens is 2. The maximum atomic E-state index is 14.4. The minimum Gasteiger partial charge on any atom is -0.382 e. The van der Waals surface area contributed by atoms with Crippen LogP contribution < -0.4 is 0 Å². The van der Waals surface area contributed by atoms with E-state index < -0.39 is 23.2 Å². The third-order valence-corrected chi connectivity index (χ3v) is 4.08. The van der Waals surface area contributed by atoms with Crippen LogP contribution in [-0.2, 0) is 12.1 Å². The van der Waals surface area contributed by atoms with Crippen LogP contribution in [-0.4, -0.2) is 24.9 Å². The number of benzene rings is 1. The zero-order valence-corrected chi connectivity index (χ0v) is 14.0. The molecule has 0 aliphatic heterocycles. The van der Waals surface area contributed by atoms with Crippen molar-refractivity contribution in [1.29, 1.82) is 0 Å². The van der Waals surface area contributed by atoms with Gasteiger partial charge in [-0.3, -0.25) is 4.98 Å². The average molecular weight is 354 g/mol. The summed E-state index contributed by atoms with van der Waals surface area (Å²) < 4.78 is 29.1. The molecule has 5 nitrogen and oxygen atoms in total. The van der Waals surface area contributed by atoms with Crippen LogP contribution in [0, 0.1) is 29.4 Å². The predicted octanol–water partition coefficient (Wildman–Crippen LogP) is 2.53. The molecule has 0 bridgehead atoms. The molecule has 0 aliphatic carbocycles. The van der Waals surface area contributed by atoms with E-state index in [-0.39, 0.29) is 12.1 Å². The van der Waals surface area contributed by atoms with Gasteiger partial charge in [-0.05, 0) is 25.1 Å². The van der Waals surface area contributed by atoms with Crippen molar-refractivity contribution >= 4 is 0 Å². The highest BCUT2D eigenvalue weighted by molar-refractivity contribution is 5.34. The Morgan fingerprint density at radius 1 is 1.27 bits per heavy atom. The van der Waals surface area contributed by atoms with Gasteiger partial charge in [-0.1, -0.05) is 17.9 Å². The van der Waals surface area contributed by atoms with E-state index in [0.717, 1.165) is 12.1 Å². The van der Waals surface area contributed by atoms with Gasteiger partial charge >= 0.3 is 0 Å². The Morgan fingerprint density at radius 3 is 2.77 bits per heavy atom. The number of nitrogens with zero attached hydrogens (tertiary/aromatic N) is 4. The predicted molar refractivity (Wildman–Crippen MR) is 90.6 cm³/mol. The standard InChI is InChI=1S/C19H16F2N4O/c1-14(4-5-15-3-2-8-22-10-15)19(26,11-25-13-23-12-24-25)17-7-6-16(20)9-18(17)21/h2-3,6-10,12-14,26H,11H2,1H3/t14-,19+/m0/s1. The maximum absolute atomic E-state index is 14.4. The largest absolute Gasteiger partial charge is 0.382 e. The van der Waals surface area contributed by atoms with Crippen molar-refractivity contribution in [2.75, 3.05) is 0 Å². The van der Waals surface area contributed by atoms with Crippen molar-refractivity contribution in [3.63, 3.8) is 0 Å². The van der Waals surface area contributed by atoms with Gasteiger partial charge in [-0.2, -0.15) is 5.10 Å². The van der Waals surface area contributed by atoms with Gasteiger partial charge in [0.2, 0.25) is 0 Å². The summed E-state index contributed by atoms with van der Waals surface area (Å²) in [4.78, 5) is 7.81. The summed E-state index contributed by atoms with van der Waals surface area (Å²) in [5.74, 6) is 3.59. The first kappa shape index (κ1) is 17.7. The van der Waals surface area contributed by atoms with Gasteiger partial charge in [-0.25, -0.2) is 18.4 Å². The average Bonchev–Trinajstić information content (AvgIpc) is 3.13. The summed E-state index contributed by atoms with van der Waals surface area (Å²) in [6, 6.07) is 6.59. The highest BCUT2D eigenvalue weighted by Gasteiger charge is 2.38. The van der Waals surface area contributed by atoms with Crippen molar-refractivity contribution in [3.8, 4) is 11.8 Å². The lowest BCUT2D eigenvalue weighted by atomic mass is 9.82. The molecule has 0 unspecified atom stereocenters. The summed E-state index contributed by atoms with van der Waals surface area (Å²) >= 11 is 0. The van der Waals surface area contributed by atoms with Crippen LogP contribution in [0.2, 0.25) is 0 Å². The first-order valence-electron chi connectivity index (χ1n) is 7.91. The molecular weight excluding hydrogens is 338 g/mol. The zero-order valence-electron chi connectivity index (χ0n) is 14.0. The quantitative estimate of drug-likeness (QED) is 0.732. The third kappa shape index (κ3) is 3.76. The first-order chi connectivity index (χ1) is 12.5. The van der Waals surface area contributed by atoms with E-state index in [9.17, 15) is 13.9 Å². The highest BCUT2D eigenvalue weighted by atomic mass is 19.1. The van der Waals surface area contributed by atoms with E-state index in [1.807, 2.05) is 0 Å². The minimum atomic E-state index is -1.74. The Labute approximate surface area is 149 Å². The maximum Gasteiger partial charge on any atom is 0.137 e. The van der Waals surface area contributed by atoms with Crippen LogP contribution in [0.5, 0.6) is 0 Å². The number of hydrogen-bond donors (Lipinski definition) is 1. The number of hydrogen-bond acceptors (Lipinski definition) is 4. The zero-order chi connectivity index (χ0) is 18.6. The molecule has 2 aromatic heterocycles. The molecule has 0 amide bonds. The minimum absolute atomic E-state index is 0.0533. The van der Waals surface area contributed by atoms with Gasteiger partial charge in [0, 0.05) is 29.6 Å². The lowest BCUT2D eigenvalue weighted by Gasteiger charge is -2.32. The topological polar surface area (TPSA) is 63.8 Å². The van der Waals surface area contributed by atoms with E-state index in [0.29, 0.717) is 5.56 Å². The second-order valence-corrected chi connectivity index (χ2v) is 5.87. The molecule has 0 aliphatic rings. The molecule has 0 spiro atoms. The van der Waals surface area contributed by atoms with E-state index in [4.69, 9.17) is 0 Å². The molecule has 0 saturated heterocycles. The number of rotatable bonds is 4. The summed E-state index contributed by atoms with van der Waals surface area (Å²) in [5, 5.41) is 15.3. The van der Waals surface area contributed by atoms with E-state index in [1.165, 1.54) is 23.4 Å². The van der Waals surface area contributed by atoms with Gasteiger partial charge in [0.25, 0.3) is 0 Å². The van der Waals surface area contributed by atoms with E-state index in [2.05, 4.69) is 26.9 Å². The molecule has 7 heteroatoms. The van der Waals surface area contributed by atoms with Crippen molar-refractivity contribution in [3.05, 3.63) is 78.1 Å². The molecule has 0 saturated carbocycles. The SMILES string of the molecule is C[C@@H](C#Cc1cccnc1)[C@](O)(Cn1cncn1)c1ccc(F)cc1F. The van der Waals surface area contributed by atoms with Crippen LogP contribution >= 0.6 is 0 Å².